The van der Waals surface area contributed by atoms with E-state index >= 15 is 0 Å². The van der Waals surface area contributed by atoms with Gasteiger partial charge in [0.25, 0.3) is 0 Å². The number of amidine groups is 1. The number of hydrogen-bond acceptors (Lipinski definition) is 3. The number of rotatable bonds is 4. The minimum atomic E-state index is 0.0766. The third kappa shape index (κ3) is 3.87. The van der Waals surface area contributed by atoms with E-state index in [9.17, 15) is 0 Å². The number of nitrogens with one attached hydrogen (secondary N) is 1. The SMILES string of the molecule is CC1CCC(NCc2ccc(/C(N)=N/O)cc2Cl)CC1. The number of nitrogens with two attached hydrogens (primary N) is 1. The molecule has 1 aliphatic rings. The van der Waals surface area contributed by atoms with Gasteiger partial charge in [-0.25, -0.2) is 0 Å². The van der Waals surface area contributed by atoms with Crippen LogP contribution in [0, 0.1) is 5.92 Å². The summed E-state index contributed by atoms with van der Waals surface area (Å²) in [6.45, 7) is 3.08. The predicted octanol–water partition coefficient (Wildman–Crippen LogP) is 3.10. The van der Waals surface area contributed by atoms with Gasteiger partial charge in [0.2, 0.25) is 0 Å². The van der Waals surface area contributed by atoms with Crippen molar-refractivity contribution in [3.63, 3.8) is 0 Å². The lowest BCUT2D eigenvalue weighted by Crippen LogP contribution is -2.32. The Balaban J connectivity index is 1.93. The Labute approximate surface area is 125 Å². The highest BCUT2D eigenvalue weighted by Gasteiger charge is 2.17. The lowest BCUT2D eigenvalue weighted by Gasteiger charge is -2.27. The summed E-state index contributed by atoms with van der Waals surface area (Å²) in [5.74, 6) is 0.935. The number of halogens is 1. The number of oxime groups is 1. The Kier molecular flexibility index (Phi) is 5.26. The van der Waals surface area contributed by atoms with Gasteiger partial charge in [-0.05, 0) is 43.2 Å². The Morgan fingerprint density at radius 2 is 2.10 bits per heavy atom. The lowest BCUT2D eigenvalue weighted by atomic mass is 9.87. The van der Waals surface area contributed by atoms with Crippen LogP contribution in [0.15, 0.2) is 23.4 Å². The van der Waals surface area contributed by atoms with Crippen molar-refractivity contribution in [1.29, 1.82) is 0 Å². The van der Waals surface area contributed by atoms with Crippen molar-refractivity contribution in [2.45, 2.75) is 45.2 Å². The summed E-state index contributed by atoms with van der Waals surface area (Å²) in [6, 6.07) is 6.07. The average Bonchev–Trinajstić information content (AvgIpc) is 2.46. The molecule has 20 heavy (non-hydrogen) atoms. The summed E-state index contributed by atoms with van der Waals surface area (Å²) in [5.41, 5.74) is 7.22. The second kappa shape index (κ2) is 6.95. The molecule has 2 rings (SSSR count). The van der Waals surface area contributed by atoms with E-state index in [1.807, 2.05) is 12.1 Å². The summed E-state index contributed by atoms with van der Waals surface area (Å²) in [4.78, 5) is 0. The molecule has 0 aliphatic heterocycles. The van der Waals surface area contributed by atoms with Crippen molar-refractivity contribution < 1.29 is 5.21 Å². The van der Waals surface area contributed by atoms with E-state index in [1.165, 1.54) is 25.7 Å². The Hall–Kier alpha value is -1.26. The normalized spacial score (nSPS) is 23.8. The van der Waals surface area contributed by atoms with Crippen molar-refractivity contribution in [1.82, 2.24) is 5.32 Å². The van der Waals surface area contributed by atoms with Crippen molar-refractivity contribution >= 4 is 17.4 Å². The molecular weight excluding hydrogens is 274 g/mol. The standard InChI is InChI=1S/C15H22ClN3O/c1-10-2-6-13(7-3-10)18-9-12-5-4-11(8-14(12)16)15(17)19-20/h4-5,8,10,13,18,20H,2-3,6-7,9H2,1H3,(H2,17,19). The smallest absolute Gasteiger partial charge is 0.170 e. The number of benzene rings is 1. The highest BCUT2D eigenvalue weighted by atomic mass is 35.5. The van der Waals surface area contributed by atoms with Gasteiger partial charge < -0.3 is 16.3 Å². The minimum absolute atomic E-state index is 0.0766. The van der Waals surface area contributed by atoms with E-state index in [2.05, 4.69) is 17.4 Å². The Morgan fingerprint density at radius 3 is 2.70 bits per heavy atom. The summed E-state index contributed by atoms with van der Waals surface area (Å²) >= 11 is 6.24. The molecule has 0 unspecified atom stereocenters. The van der Waals surface area contributed by atoms with Crippen molar-refractivity contribution in [2.24, 2.45) is 16.8 Å². The fourth-order valence-corrected chi connectivity index (χ4v) is 2.87. The van der Waals surface area contributed by atoms with E-state index in [-0.39, 0.29) is 5.84 Å². The molecule has 0 atom stereocenters. The average molecular weight is 296 g/mol. The van der Waals surface area contributed by atoms with Crippen LogP contribution < -0.4 is 11.1 Å². The molecule has 1 fully saturated rings. The van der Waals surface area contributed by atoms with Gasteiger partial charge in [0.15, 0.2) is 5.84 Å². The van der Waals surface area contributed by atoms with Crippen LogP contribution in [0.2, 0.25) is 5.02 Å². The maximum absolute atomic E-state index is 8.65. The van der Waals surface area contributed by atoms with E-state index in [4.69, 9.17) is 22.5 Å². The molecule has 1 aromatic carbocycles. The molecule has 0 radical (unpaired) electrons. The van der Waals surface area contributed by atoms with E-state index in [0.717, 1.165) is 18.0 Å². The first kappa shape index (κ1) is 15.1. The molecule has 4 N–H and O–H groups in total. The highest BCUT2D eigenvalue weighted by molar-refractivity contribution is 6.31. The molecule has 1 aliphatic carbocycles. The molecule has 0 spiro atoms. The Morgan fingerprint density at radius 1 is 1.40 bits per heavy atom. The number of nitrogens with zero attached hydrogens (tertiary/aromatic N) is 1. The molecule has 110 valence electrons. The van der Waals surface area contributed by atoms with Gasteiger partial charge in [-0.3, -0.25) is 0 Å². The first-order valence-electron chi connectivity index (χ1n) is 7.10. The van der Waals surface area contributed by atoms with Gasteiger partial charge in [-0.1, -0.05) is 35.8 Å². The molecule has 0 amide bonds. The summed E-state index contributed by atoms with van der Waals surface area (Å²) in [7, 11) is 0. The van der Waals surface area contributed by atoms with Crippen LogP contribution in [0.3, 0.4) is 0 Å². The molecule has 4 nitrogen and oxygen atoms in total. The largest absolute Gasteiger partial charge is 0.409 e. The van der Waals surface area contributed by atoms with Gasteiger partial charge in [0.1, 0.15) is 0 Å². The monoisotopic (exact) mass is 295 g/mol. The van der Waals surface area contributed by atoms with Gasteiger partial charge >= 0.3 is 0 Å². The van der Waals surface area contributed by atoms with Gasteiger partial charge in [-0.2, -0.15) is 0 Å². The van der Waals surface area contributed by atoms with Crippen LogP contribution in [0.1, 0.15) is 43.7 Å². The van der Waals surface area contributed by atoms with Crippen molar-refractivity contribution in [3.05, 3.63) is 34.3 Å². The summed E-state index contributed by atoms with van der Waals surface area (Å²) in [5, 5.41) is 15.8. The lowest BCUT2D eigenvalue weighted by molar-refractivity contribution is 0.306. The minimum Gasteiger partial charge on any atom is -0.409 e. The maximum atomic E-state index is 8.65. The third-order valence-electron chi connectivity index (χ3n) is 4.05. The first-order chi connectivity index (χ1) is 9.60. The van der Waals surface area contributed by atoms with Crippen LogP contribution in [-0.2, 0) is 6.54 Å². The van der Waals surface area contributed by atoms with Crippen molar-refractivity contribution in [3.8, 4) is 0 Å². The quantitative estimate of drug-likeness (QED) is 0.346. The zero-order chi connectivity index (χ0) is 14.5. The predicted molar refractivity (Wildman–Crippen MR) is 82.2 cm³/mol. The van der Waals surface area contributed by atoms with Crippen LogP contribution in [0.5, 0.6) is 0 Å². The van der Waals surface area contributed by atoms with Crippen LogP contribution >= 0.6 is 11.6 Å². The van der Waals surface area contributed by atoms with E-state index in [0.29, 0.717) is 16.6 Å². The van der Waals surface area contributed by atoms with E-state index in [1.54, 1.807) is 6.07 Å². The van der Waals surface area contributed by atoms with Gasteiger partial charge in [0, 0.05) is 23.2 Å². The molecule has 0 saturated heterocycles. The maximum Gasteiger partial charge on any atom is 0.170 e. The second-order valence-electron chi connectivity index (χ2n) is 5.63. The first-order valence-corrected chi connectivity index (χ1v) is 7.47. The zero-order valence-electron chi connectivity index (χ0n) is 11.8. The second-order valence-corrected chi connectivity index (χ2v) is 6.04. The third-order valence-corrected chi connectivity index (χ3v) is 4.41. The van der Waals surface area contributed by atoms with Crippen LogP contribution in [-0.4, -0.2) is 17.1 Å². The molecule has 0 bridgehead atoms. The molecule has 5 heteroatoms. The van der Waals surface area contributed by atoms with Crippen molar-refractivity contribution in [2.75, 3.05) is 0 Å². The fraction of sp³-hybridized carbons (Fsp3) is 0.533. The topological polar surface area (TPSA) is 70.6 Å². The zero-order valence-corrected chi connectivity index (χ0v) is 12.5. The van der Waals surface area contributed by atoms with Crippen LogP contribution in [0.25, 0.3) is 0 Å². The highest BCUT2D eigenvalue weighted by Crippen LogP contribution is 2.24. The fourth-order valence-electron chi connectivity index (χ4n) is 2.63. The van der Waals surface area contributed by atoms with E-state index < -0.39 is 0 Å². The number of hydrogen-bond donors (Lipinski definition) is 3. The Bertz CT molecular complexity index is 482. The molecule has 1 saturated carbocycles. The molecular formula is C15H22ClN3O. The van der Waals surface area contributed by atoms with Gasteiger partial charge in [-0.15, -0.1) is 0 Å². The molecule has 0 aromatic heterocycles. The summed E-state index contributed by atoms with van der Waals surface area (Å²) in [6.07, 6.45) is 5.07. The van der Waals surface area contributed by atoms with Gasteiger partial charge in [0.05, 0.1) is 0 Å². The molecule has 0 heterocycles. The molecule has 1 aromatic rings. The van der Waals surface area contributed by atoms with Crippen LogP contribution in [0.4, 0.5) is 0 Å². The summed E-state index contributed by atoms with van der Waals surface area (Å²) < 4.78 is 0.